The predicted molar refractivity (Wildman–Crippen MR) is 163 cm³/mol. The molecule has 2 aromatic carbocycles. The van der Waals surface area contributed by atoms with Gasteiger partial charge in [0.15, 0.2) is 11.6 Å². The van der Waals surface area contributed by atoms with Gasteiger partial charge in [0, 0.05) is 55.9 Å². The molecule has 0 spiro atoms. The zero-order valence-electron chi connectivity index (χ0n) is 24.1. The maximum Gasteiger partial charge on any atom is 0.282 e. The molecule has 1 amide bonds. The lowest BCUT2D eigenvalue weighted by molar-refractivity contribution is -0.131. The summed E-state index contributed by atoms with van der Waals surface area (Å²) in [7, 11) is 3.96. The summed E-state index contributed by atoms with van der Waals surface area (Å²) in [6, 6.07) is 9.63. The number of pyridine rings is 1. The third-order valence-electron chi connectivity index (χ3n) is 8.32. The number of piperazine rings is 1. The van der Waals surface area contributed by atoms with Crippen LogP contribution in [0.2, 0.25) is 5.02 Å². The van der Waals surface area contributed by atoms with Crippen molar-refractivity contribution in [3.8, 4) is 17.3 Å². The van der Waals surface area contributed by atoms with Crippen molar-refractivity contribution in [1.82, 2.24) is 24.8 Å². The Balaban J connectivity index is 1.49. The van der Waals surface area contributed by atoms with Gasteiger partial charge in [-0.1, -0.05) is 42.4 Å². The van der Waals surface area contributed by atoms with Crippen LogP contribution in [0.3, 0.4) is 0 Å². The summed E-state index contributed by atoms with van der Waals surface area (Å²) in [6.07, 6.45) is 1.43. The Hall–Kier alpha value is -4.47. The lowest BCUT2D eigenvalue weighted by Gasteiger charge is -2.44. The Morgan fingerprint density at radius 2 is 1.91 bits per heavy atom. The van der Waals surface area contributed by atoms with Crippen LogP contribution in [-0.4, -0.2) is 89.6 Å². The molecule has 2 aliphatic heterocycles. The number of aromatic nitrogens is 3. The molecular formula is C31H28ClF3N8O. The molecule has 0 saturated carbocycles. The molecule has 2 saturated heterocycles. The number of amides is 1. The number of likely N-dealkylation sites (N-methyl/N-ethyl adjacent to an activating group) is 1. The summed E-state index contributed by atoms with van der Waals surface area (Å²) in [6.45, 7) is 4.89. The lowest BCUT2D eigenvalue weighted by Crippen LogP contribution is -2.58. The number of fused-ring (bicyclic) bond motifs is 2. The first-order valence-corrected chi connectivity index (χ1v) is 14.4. The number of carbonyl (C=O) groups excluding carboxylic acids is 1. The molecule has 0 bridgehead atoms. The van der Waals surface area contributed by atoms with E-state index in [4.69, 9.17) is 16.6 Å². The molecular weight excluding hydrogens is 593 g/mol. The normalized spacial score (nSPS) is 17.3. The molecule has 1 atom stereocenters. The molecule has 4 heterocycles. The van der Waals surface area contributed by atoms with Gasteiger partial charge in [-0.15, -0.1) is 0 Å². The number of benzene rings is 2. The van der Waals surface area contributed by atoms with Crippen molar-refractivity contribution in [3.05, 3.63) is 65.6 Å². The van der Waals surface area contributed by atoms with Crippen molar-refractivity contribution in [1.29, 1.82) is 5.26 Å². The van der Waals surface area contributed by atoms with Crippen molar-refractivity contribution in [2.45, 2.75) is 18.5 Å². The Labute approximate surface area is 256 Å². The fraction of sp³-hybridized carbons (Fsp3) is 0.323. The fourth-order valence-electron chi connectivity index (χ4n) is 5.80. The fourth-order valence-corrected chi connectivity index (χ4v) is 6.08. The highest BCUT2D eigenvalue weighted by Gasteiger charge is 2.35. The van der Waals surface area contributed by atoms with Gasteiger partial charge in [-0.3, -0.25) is 9.78 Å². The molecule has 0 unspecified atom stereocenters. The van der Waals surface area contributed by atoms with Crippen LogP contribution in [0.4, 0.5) is 24.9 Å². The molecule has 0 aliphatic carbocycles. The van der Waals surface area contributed by atoms with E-state index in [1.54, 1.807) is 24.3 Å². The summed E-state index contributed by atoms with van der Waals surface area (Å²) in [5.74, 6) is -2.62. The van der Waals surface area contributed by atoms with Gasteiger partial charge in [0.2, 0.25) is 5.95 Å². The van der Waals surface area contributed by atoms with E-state index in [1.807, 2.05) is 23.9 Å². The highest BCUT2D eigenvalue weighted by Crippen LogP contribution is 2.39. The second-order valence-electron chi connectivity index (χ2n) is 11.2. The molecule has 44 heavy (non-hydrogen) atoms. The van der Waals surface area contributed by atoms with Crippen LogP contribution in [0.5, 0.6) is 0 Å². The monoisotopic (exact) mass is 620 g/mol. The van der Waals surface area contributed by atoms with Gasteiger partial charge in [0.25, 0.3) is 5.91 Å². The third kappa shape index (κ3) is 5.06. The second-order valence-corrected chi connectivity index (χ2v) is 11.6. The van der Waals surface area contributed by atoms with Crippen molar-refractivity contribution in [3.63, 3.8) is 0 Å². The van der Waals surface area contributed by atoms with Gasteiger partial charge in [-0.2, -0.15) is 10.2 Å². The SMILES string of the molecule is C=C(F)C(=O)N1CCN(c2nc(N3CC(N(C)C)C3)nc3c(F)c(-c4cccc5ccc(F)c(Cl)c45)ncc23)C[C@@H]1CC#N. The number of nitriles is 1. The molecule has 2 fully saturated rings. The Kier molecular flexibility index (Phi) is 7.77. The van der Waals surface area contributed by atoms with Crippen LogP contribution in [0, 0.1) is 23.0 Å². The third-order valence-corrected chi connectivity index (χ3v) is 8.69. The first-order valence-electron chi connectivity index (χ1n) is 14.0. The van der Waals surface area contributed by atoms with Crippen molar-refractivity contribution in [2.75, 3.05) is 56.6 Å². The van der Waals surface area contributed by atoms with E-state index in [0.29, 0.717) is 46.6 Å². The summed E-state index contributed by atoms with van der Waals surface area (Å²) in [5, 5.41) is 10.6. The van der Waals surface area contributed by atoms with Gasteiger partial charge in [-0.25, -0.2) is 18.2 Å². The second kappa shape index (κ2) is 11.6. The number of nitrogens with zero attached hydrogens (tertiary/aromatic N) is 8. The zero-order chi connectivity index (χ0) is 31.3. The average molecular weight is 621 g/mol. The summed E-state index contributed by atoms with van der Waals surface area (Å²) < 4.78 is 44.9. The number of halogens is 4. The van der Waals surface area contributed by atoms with Crippen LogP contribution in [0.1, 0.15) is 6.42 Å². The van der Waals surface area contributed by atoms with Gasteiger partial charge in [-0.05, 0) is 25.5 Å². The maximum absolute atomic E-state index is 16.6. The largest absolute Gasteiger partial charge is 0.352 e. The molecule has 9 nitrogen and oxygen atoms in total. The minimum atomic E-state index is -1.10. The molecule has 4 aromatic rings. The summed E-state index contributed by atoms with van der Waals surface area (Å²) in [5.41, 5.74) is 0.290. The lowest BCUT2D eigenvalue weighted by atomic mass is 10.0. The molecule has 13 heteroatoms. The predicted octanol–water partition coefficient (Wildman–Crippen LogP) is 4.94. The van der Waals surface area contributed by atoms with Crippen LogP contribution >= 0.6 is 11.6 Å². The van der Waals surface area contributed by atoms with Crippen LogP contribution in [-0.2, 0) is 4.79 Å². The highest BCUT2D eigenvalue weighted by molar-refractivity contribution is 6.36. The van der Waals surface area contributed by atoms with E-state index in [-0.39, 0.29) is 48.3 Å². The van der Waals surface area contributed by atoms with Crippen molar-refractivity contribution >= 4 is 50.9 Å². The number of anilines is 2. The van der Waals surface area contributed by atoms with E-state index in [9.17, 15) is 18.8 Å². The molecule has 6 rings (SSSR count). The number of hydrogen-bond acceptors (Lipinski definition) is 8. The molecule has 2 aromatic heterocycles. The van der Waals surface area contributed by atoms with E-state index in [0.717, 1.165) is 0 Å². The first kappa shape index (κ1) is 29.6. The number of hydrogen-bond donors (Lipinski definition) is 0. The van der Waals surface area contributed by atoms with Gasteiger partial charge in [0.05, 0.1) is 28.9 Å². The van der Waals surface area contributed by atoms with E-state index in [1.165, 1.54) is 17.2 Å². The Bertz CT molecular complexity index is 1860. The van der Waals surface area contributed by atoms with E-state index >= 15 is 4.39 Å². The van der Waals surface area contributed by atoms with Gasteiger partial charge >= 0.3 is 0 Å². The zero-order valence-corrected chi connectivity index (χ0v) is 24.8. The quantitative estimate of drug-likeness (QED) is 0.280. The topological polar surface area (TPSA) is 92.5 Å². The molecule has 226 valence electrons. The highest BCUT2D eigenvalue weighted by atomic mass is 35.5. The van der Waals surface area contributed by atoms with E-state index in [2.05, 4.69) is 27.5 Å². The minimum Gasteiger partial charge on any atom is -0.352 e. The van der Waals surface area contributed by atoms with Crippen LogP contribution < -0.4 is 9.80 Å². The number of rotatable bonds is 6. The minimum absolute atomic E-state index is 0.0142. The smallest absolute Gasteiger partial charge is 0.282 e. The summed E-state index contributed by atoms with van der Waals surface area (Å²) in [4.78, 5) is 33.6. The Morgan fingerprint density at radius 1 is 1.14 bits per heavy atom. The van der Waals surface area contributed by atoms with Crippen LogP contribution in [0.25, 0.3) is 32.9 Å². The van der Waals surface area contributed by atoms with Gasteiger partial charge in [0.1, 0.15) is 22.8 Å². The van der Waals surface area contributed by atoms with E-state index < -0.39 is 29.4 Å². The Morgan fingerprint density at radius 3 is 2.61 bits per heavy atom. The molecule has 0 radical (unpaired) electrons. The average Bonchev–Trinajstić information content (AvgIpc) is 2.98. The van der Waals surface area contributed by atoms with Crippen LogP contribution in [0.15, 0.2) is 48.9 Å². The summed E-state index contributed by atoms with van der Waals surface area (Å²) >= 11 is 6.36. The molecule has 0 N–H and O–H groups in total. The standard InChI is InChI=1S/C31H28ClF3N8O/c1-17(33)30(44)43-12-11-41(14-19(43)9-10-36)29-22-13-37-27(21-6-4-5-18-7-8-23(34)25(32)24(18)21)26(35)28(22)38-31(39-29)42-15-20(16-42)40(2)3/h4-8,13,19-20H,1,9,11-12,14-16H2,2-3H3/t19-/m0/s1. The number of carbonyl (C=O) groups is 1. The van der Waals surface area contributed by atoms with Crippen molar-refractivity contribution in [2.24, 2.45) is 0 Å². The first-order chi connectivity index (χ1) is 21.1. The van der Waals surface area contributed by atoms with Crippen molar-refractivity contribution < 1.29 is 18.0 Å². The maximum atomic E-state index is 16.6. The van der Waals surface area contributed by atoms with Gasteiger partial charge < -0.3 is 19.6 Å². The molecule has 2 aliphatic rings.